The van der Waals surface area contributed by atoms with Gasteiger partial charge in [0.2, 0.25) is 0 Å². The van der Waals surface area contributed by atoms with Crippen molar-refractivity contribution in [3.05, 3.63) is 71.3 Å². The number of carbonyl (C=O) groups is 3. The smallest absolute Gasteiger partial charge is 0.415 e. The molecule has 1 aromatic heterocycles. The van der Waals surface area contributed by atoms with Crippen molar-refractivity contribution in [2.45, 2.75) is 53.0 Å². The highest BCUT2D eigenvalue weighted by Crippen LogP contribution is 2.41. The lowest BCUT2D eigenvalue weighted by atomic mass is 9.81. The molecule has 0 saturated heterocycles. The molecule has 1 aliphatic rings. The van der Waals surface area contributed by atoms with Gasteiger partial charge in [-0.05, 0) is 69.7 Å². The van der Waals surface area contributed by atoms with Crippen molar-refractivity contribution in [3.63, 3.8) is 0 Å². The highest BCUT2D eigenvalue weighted by molar-refractivity contribution is 6.18. The normalized spacial score (nSPS) is 14.5. The molecule has 0 atom stereocenters. The van der Waals surface area contributed by atoms with Gasteiger partial charge in [-0.1, -0.05) is 13.8 Å². The van der Waals surface area contributed by atoms with E-state index in [1.165, 1.54) is 35.4 Å². The molecule has 0 bridgehead atoms. The molecule has 0 radical (unpaired) electrons. The van der Waals surface area contributed by atoms with Gasteiger partial charge in [-0.3, -0.25) is 4.79 Å². The number of halogens is 1. The van der Waals surface area contributed by atoms with Crippen LogP contribution >= 0.6 is 0 Å². The van der Waals surface area contributed by atoms with Crippen molar-refractivity contribution in [3.8, 4) is 5.75 Å². The number of benzene rings is 2. The molecule has 9 heteroatoms. The van der Waals surface area contributed by atoms with Gasteiger partial charge >= 0.3 is 12.1 Å². The van der Waals surface area contributed by atoms with E-state index in [1.54, 1.807) is 24.0 Å². The SMILES string of the molecule is CCOC(=O)C1=CN(C(=O)c2ccc(F)cc2)CC(C)(C)c2c1[nH]c1cc(OC(=O)N(CC)C(C)C)ccc21. The van der Waals surface area contributed by atoms with E-state index in [9.17, 15) is 18.8 Å². The number of hydrogen-bond donors (Lipinski definition) is 1. The fraction of sp³-hybridized carbons (Fsp3) is 0.367. The zero-order valence-corrected chi connectivity index (χ0v) is 23.1. The van der Waals surface area contributed by atoms with Gasteiger partial charge in [0, 0.05) is 53.3 Å². The average molecular weight is 536 g/mol. The van der Waals surface area contributed by atoms with E-state index in [4.69, 9.17) is 9.47 Å². The number of nitrogens with zero attached hydrogens (tertiary/aromatic N) is 2. The number of carbonyl (C=O) groups excluding carboxylic acids is 3. The number of fused-ring (bicyclic) bond motifs is 3. The van der Waals surface area contributed by atoms with Gasteiger partial charge in [0.15, 0.2) is 0 Å². The number of nitrogens with one attached hydrogen (secondary N) is 1. The molecule has 8 nitrogen and oxygen atoms in total. The number of ether oxygens (including phenoxy) is 2. The maximum absolute atomic E-state index is 13.5. The minimum absolute atomic E-state index is 0.00794. The predicted octanol–water partition coefficient (Wildman–Crippen LogP) is 5.87. The Morgan fingerprint density at radius 3 is 2.41 bits per heavy atom. The Morgan fingerprint density at radius 1 is 1.10 bits per heavy atom. The van der Waals surface area contributed by atoms with Gasteiger partial charge in [0.1, 0.15) is 11.6 Å². The molecule has 1 aliphatic heterocycles. The zero-order chi connectivity index (χ0) is 28.5. The maximum Gasteiger partial charge on any atom is 0.415 e. The van der Waals surface area contributed by atoms with Crippen LogP contribution in [-0.4, -0.2) is 58.5 Å². The summed E-state index contributed by atoms with van der Waals surface area (Å²) in [5, 5.41) is 0.831. The van der Waals surface area contributed by atoms with E-state index < -0.39 is 23.3 Å². The van der Waals surface area contributed by atoms with Crippen molar-refractivity contribution in [1.82, 2.24) is 14.8 Å². The highest BCUT2D eigenvalue weighted by Gasteiger charge is 2.37. The molecular weight excluding hydrogens is 501 g/mol. The first-order valence-electron chi connectivity index (χ1n) is 13.1. The first-order valence-corrected chi connectivity index (χ1v) is 13.1. The van der Waals surface area contributed by atoms with Crippen LogP contribution in [0.5, 0.6) is 5.75 Å². The maximum atomic E-state index is 13.5. The average Bonchev–Trinajstić information content (AvgIpc) is 3.21. The van der Waals surface area contributed by atoms with Crippen LogP contribution in [0.25, 0.3) is 16.5 Å². The molecule has 2 heterocycles. The Morgan fingerprint density at radius 2 is 1.79 bits per heavy atom. The second-order valence-electron chi connectivity index (χ2n) is 10.4. The van der Waals surface area contributed by atoms with E-state index >= 15 is 0 Å². The molecule has 39 heavy (non-hydrogen) atoms. The standard InChI is InChI=1S/C30H34FN3O5/c1-7-34(18(3)4)29(37)39-21-13-14-22-24(15-21)32-26-23(28(36)38-8-2)16-33(17-30(5,6)25(22)26)27(35)19-9-11-20(31)12-10-19/h9-16,18,32H,7-8,17H2,1-6H3. The molecular formula is C30H34FN3O5. The Kier molecular flexibility index (Phi) is 7.81. The van der Waals surface area contributed by atoms with Crippen molar-refractivity contribution < 1.29 is 28.2 Å². The number of amides is 2. The zero-order valence-electron chi connectivity index (χ0n) is 23.1. The van der Waals surface area contributed by atoms with E-state index in [-0.39, 0.29) is 30.7 Å². The Balaban J connectivity index is 1.80. The minimum atomic E-state index is -0.608. The summed E-state index contributed by atoms with van der Waals surface area (Å²) in [6.45, 7) is 12.4. The molecule has 4 rings (SSSR count). The van der Waals surface area contributed by atoms with E-state index in [2.05, 4.69) is 4.98 Å². The van der Waals surface area contributed by atoms with Gasteiger partial charge in [-0.15, -0.1) is 0 Å². The summed E-state index contributed by atoms with van der Waals surface area (Å²) in [6, 6.07) is 10.6. The van der Waals surface area contributed by atoms with Gasteiger partial charge in [-0.2, -0.15) is 0 Å². The predicted molar refractivity (Wildman–Crippen MR) is 147 cm³/mol. The second-order valence-corrected chi connectivity index (χ2v) is 10.4. The summed E-state index contributed by atoms with van der Waals surface area (Å²) in [4.78, 5) is 45.7. The fourth-order valence-electron chi connectivity index (χ4n) is 5.03. The molecule has 206 valence electrons. The first-order chi connectivity index (χ1) is 18.5. The quantitative estimate of drug-likeness (QED) is 0.399. The van der Waals surface area contributed by atoms with Gasteiger partial charge < -0.3 is 24.3 Å². The van der Waals surface area contributed by atoms with Crippen LogP contribution in [0.3, 0.4) is 0 Å². The van der Waals surface area contributed by atoms with Crippen LogP contribution in [0.4, 0.5) is 9.18 Å². The topological polar surface area (TPSA) is 91.9 Å². The fourth-order valence-corrected chi connectivity index (χ4v) is 5.03. The molecule has 0 saturated carbocycles. The van der Waals surface area contributed by atoms with Gasteiger partial charge in [-0.25, -0.2) is 14.0 Å². The minimum Gasteiger partial charge on any atom is -0.462 e. The molecule has 2 aromatic carbocycles. The van der Waals surface area contributed by atoms with Crippen LogP contribution < -0.4 is 4.74 Å². The van der Waals surface area contributed by atoms with Crippen molar-refractivity contribution >= 4 is 34.4 Å². The number of aromatic amines is 1. The number of hydrogen-bond acceptors (Lipinski definition) is 5. The molecule has 1 N–H and O–H groups in total. The van der Waals surface area contributed by atoms with Gasteiger partial charge in [0.05, 0.1) is 17.9 Å². The van der Waals surface area contributed by atoms with Crippen LogP contribution in [0.15, 0.2) is 48.7 Å². The number of rotatable bonds is 6. The largest absolute Gasteiger partial charge is 0.462 e. The monoisotopic (exact) mass is 535 g/mol. The third-order valence-electron chi connectivity index (χ3n) is 6.82. The van der Waals surface area contributed by atoms with Gasteiger partial charge in [0.25, 0.3) is 5.91 Å². The summed E-state index contributed by atoms with van der Waals surface area (Å²) in [5.41, 5.74) is 1.93. The number of esters is 1. The van der Waals surface area contributed by atoms with E-state index in [0.29, 0.717) is 29.1 Å². The molecule has 2 amide bonds. The summed E-state index contributed by atoms with van der Waals surface area (Å²) in [5.74, 6) is -1.01. The summed E-state index contributed by atoms with van der Waals surface area (Å²) in [6.07, 6.45) is 1.05. The summed E-state index contributed by atoms with van der Waals surface area (Å²) in [7, 11) is 0. The lowest BCUT2D eigenvalue weighted by molar-refractivity contribution is -0.136. The van der Waals surface area contributed by atoms with Crippen molar-refractivity contribution in [1.29, 1.82) is 0 Å². The van der Waals surface area contributed by atoms with Crippen LogP contribution in [0, 0.1) is 5.82 Å². The third kappa shape index (κ3) is 5.53. The highest BCUT2D eigenvalue weighted by atomic mass is 19.1. The summed E-state index contributed by atoms with van der Waals surface area (Å²) >= 11 is 0. The molecule has 0 unspecified atom stereocenters. The first kappa shape index (κ1) is 27.9. The van der Waals surface area contributed by atoms with Crippen LogP contribution in [0.2, 0.25) is 0 Å². The Bertz CT molecular complexity index is 1440. The third-order valence-corrected chi connectivity index (χ3v) is 6.82. The molecule has 0 aliphatic carbocycles. The lowest BCUT2D eigenvalue weighted by Crippen LogP contribution is -2.38. The molecule has 3 aromatic rings. The number of H-pyrrole nitrogens is 1. The Labute approximate surface area is 227 Å². The van der Waals surface area contributed by atoms with Crippen LogP contribution in [-0.2, 0) is 14.9 Å². The van der Waals surface area contributed by atoms with Crippen molar-refractivity contribution in [2.24, 2.45) is 0 Å². The number of aromatic nitrogens is 1. The summed E-state index contributed by atoms with van der Waals surface area (Å²) < 4.78 is 24.5. The second kappa shape index (κ2) is 10.9. The lowest BCUT2D eigenvalue weighted by Gasteiger charge is -2.29. The molecule has 0 spiro atoms. The van der Waals surface area contributed by atoms with E-state index in [1.807, 2.05) is 40.7 Å². The van der Waals surface area contributed by atoms with Crippen molar-refractivity contribution in [2.75, 3.05) is 19.7 Å². The Hall–Kier alpha value is -4.14. The van der Waals surface area contributed by atoms with E-state index in [0.717, 1.165) is 10.9 Å². The van der Waals surface area contributed by atoms with Crippen LogP contribution in [0.1, 0.15) is 63.2 Å². The molecule has 0 fully saturated rings.